The minimum absolute atomic E-state index is 0.677. The Labute approximate surface area is 97.9 Å². The number of hydrogen-bond acceptors (Lipinski definition) is 4. The summed E-state index contributed by atoms with van der Waals surface area (Å²) in [6.07, 6.45) is 1.81. The van der Waals surface area contributed by atoms with Crippen LogP contribution in [0.1, 0.15) is 11.5 Å². The molecular formula is C12H12N4O. The zero-order chi connectivity index (χ0) is 12.0. The number of rotatable bonds is 1. The molecule has 0 unspecified atom stereocenters. The molecule has 0 radical (unpaired) electrons. The highest BCUT2D eigenvalue weighted by Gasteiger charge is 2.13. The van der Waals surface area contributed by atoms with E-state index in [1.807, 2.05) is 36.6 Å². The molecule has 0 aromatic carbocycles. The maximum Gasteiger partial charge on any atom is 0.171 e. The zero-order valence-corrected chi connectivity index (χ0v) is 9.64. The summed E-state index contributed by atoms with van der Waals surface area (Å²) in [6, 6.07) is 5.60. The van der Waals surface area contributed by atoms with Gasteiger partial charge in [-0.2, -0.15) is 0 Å². The quantitative estimate of drug-likeness (QED) is 0.693. The molecule has 0 fully saturated rings. The van der Waals surface area contributed by atoms with Crippen molar-refractivity contribution in [2.75, 3.05) is 5.73 Å². The van der Waals surface area contributed by atoms with Crippen LogP contribution >= 0.6 is 0 Å². The highest BCUT2D eigenvalue weighted by Crippen LogP contribution is 2.25. The van der Waals surface area contributed by atoms with Gasteiger partial charge < -0.3 is 10.2 Å². The van der Waals surface area contributed by atoms with Gasteiger partial charge in [0, 0.05) is 11.9 Å². The van der Waals surface area contributed by atoms with Crippen LogP contribution in [0.25, 0.3) is 17.0 Å². The topological polar surface area (TPSA) is 69.3 Å². The van der Waals surface area contributed by atoms with Crippen molar-refractivity contribution in [1.82, 2.24) is 14.6 Å². The number of aryl methyl sites for hydroxylation is 2. The molecule has 0 amide bonds. The van der Waals surface area contributed by atoms with Gasteiger partial charge in [0.25, 0.3) is 0 Å². The van der Waals surface area contributed by atoms with Crippen molar-refractivity contribution in [2.24, 2.45) is 0 Å². The Hall–Kier alpha value is -2.30. The van der Waals surface area contributed by atoms with Gasteiger partial charge >= 0.3 is 0 Å². The molecule has 3 aromatic heterocycles. The van der Waals surface area contributed by atoms with Crippen LogP contribution in [0.15, 0.2) is 28.8 Å². The van der Waals surface area contributed by atoms with Gasteiger partial charge in [0.1, 0.15) is 11.5 Å². The summed E-state index contributed by atoms with van der Waals surface area (Å²) < 4.78 is 7.37. The van der Waals surface area contributed by atoms with Gasteiger partial charge in [0.15, 0.2) is 11.5 Å². The maximum atomic E-state index is 5.77. The Morgan fingerprint density at radius 3 is 2.76 bits per heavy atom. The van der Waals surface area contributed by atoms with Crippen molar-refractivity contribution in [2.45, 2.75) is 13.8 Å². The number of nitrogens with two attached hydrogens (primary N) is 1. The SMILES string of the molecule is Cc1cc(-c2nnc3ccc(N)cn23)c(C)o1. The van der Waals surface area contributed by atoms with E-state index in [-0.39, 0.29) is 0 Å². The summed E-state index contributed by atoms with van der Waals surface area (Å²) in [7, 11) is 0. The molecule has 3 rings (SSSR count). The number of furan rings is 1. The predicted octanol–water partition coefficient (Wildman–Crippen LogP) is 2.19. The third-order valence-corrected chi connectivity index (χ3v) is 2.71. The van der Waals surface area contributed by atoms with Crippen molar-refractivity contribution < 1.29 is 4.42 Å². The molecular weight excluding hydrogens is 216 g/mol. The smallest absolute Gasteiger partial charge is 0.171 e. The molecule has 86 valence electrons. The number of fused-ring (bicyclic) bond motifs is 1. The number of nitrogen functional groups attached to an aromatic ring is 1. The van der Waals surface area contributed by atoms with Crippen LogP contribution < -0.4 is 5.73 Å². The Balaban J connectivity index is 2.30. The number of aromatic nitrogens is 3. The van der Waals surface area contributed by atoms with Crippen LogP contribution in [0.4, 0.5) is 5.69 Å². The third-order valence-electron chi connectivity index (χ3n) is 2.71. The molecule has 0 atom stereocenters. The summed E-state index contributed by atoms with van der Waals surface area (Å²) >= 11 is 0. The van der Waals surface area contributed by atoms with Crippen molar-refractivity contribution in [3.8, 4) is 11.4 Å². The van der Waals surface area contributed by atoms with Crippen LogP contribution in [0.5, 0.6) is 0 Å². The van der Waals surface area contributed by atoms with Crippen molar-refractivity contribution >= 4 is 11.3 Å². The summed E-state index contributed by atoms with van der Waals surface area (Å²) in [5.74, 6) is 2.44. The van der Waals surface area contributed by atoms with E-state index in [0.29, 0.717) is 5.69 Å². The van der Waals surface area contributed by atoms with E-state index < -0.39 is 0 Å². The van der Waals surface area contributed by atoms with Crippen LogP contribution in [-0.4, -0.2) is 14.6 Å². The minimum atomic E-state index is 0.677. The number of nitrogens with zero attached hydrogens (tertiary/aromatic N) is 3. The Morgan fingerprint density at radius 1 is 1.24 bits per heavy atom. The van der Waals surface area contributed by atoms with Crippen LogP contribution in [0.2, 0.25) is 0 Å². The van der Waals surface area contributed by atoms with E-state index in [1.165, 1.54) is 0 Å². The Morgan fingerprint density at radius 2 is 2.06 bits per heavy atom. The fraction of sp³-hybridized carbons (Fsp3) is 0.167. The van der Waals surface area contributed by atoms with Gasteiger partial charge in [-0.25, -0.2) is 0 Å². The first-order valence-corrected chi connectivity index (χ1v) is 5.33. The summed E-state index contributed by atoms with van der Waals surface area (Å²) in [5.41, 5.74) is 8.17. The third kappa shape index (κ3) is 1.47. The fourth-order valence-electron chi connectivity index (χ4n) is 1.94. The van der Waals surface area contributed by atoms with E-state index in [0.717, 1.165) is 28.6 Å². The van der Waals surface area contributed by atoms with Gasteiger partial charge in [-0.15, -0.1) is 10.2 Å². The lowest BCUT2D eigenvalue weighted by atomic mass is 10.2. The van der Waals surface area contributed by atoms with E-state index in [9.17, 15) is 0 Å². The molecule has 0 saturated heterocycles. The number of pyridine rings is 1. The lowest BCUT2D eigenvalue weighted by Gasteiger charge is -1.99. The van der Waals surface area contributed by atoms with E-state index >= 15 is 0 Å². The van der Waals surface area contributed by atoms with Gasteiger partial charge in [-0.1, -0.05) is 0 Å². The molecule has 3 heterocycles. The normalized spacial score (nSPS) is 11.2. The van der Waals surface area contributed by atoms with Gasteiger partial charge in [0.2, 0.25) is 0 Å². The molecule has 5 nitrogen and oxygen atoms in total. The Kier molecular flexibility index (Phi) is 1.95. The molecule has 0 spiro atoms. The van der Waals surface area contributed by atoms with E-state index in [1.54, 1.807) is 6.07 Å². The first-order chi connectivity index (χ1) is 8.15. The highest BCUT2D eigenvalue weighted by atomic mass is 16.3. The van der Waals surface area contributed by atoms with E-state index in [4.69, 9.17) is 10.2 Å². The average molecular weight is 228 g/mol. The zero-order valence-electron chi connectivity index (χ0n) is 9.64. The lowest BCUT2D eigenvalue weighted by molar-refractivity contribution is 0.505. The first kappa shape index (κ1) is 9.89. The summed E-state index contributed by atoms with van der Waals surface area (Å²) in [4.78, 5) is 0. The second-order valence-electron chi connectivity index (χ2n) is 4.04. The van der Waals surface area contributed by atoms with Gasteiger partial charge in [-0.05, 0) is 32.0 Å². The molecule has 0 aliphatic heterocycles. The average Bonchev–Trinajstić information content (AvgIpc) is 2.81. The van der Waals surface area contributed by atoms with Gasteiger partial charge in [0.05, 0.1) is 5.56 Å². The number of hydrogen-bond donors (Lipinski definition) is 1. The molecule has 2 N–H and O–H groups in total. The monoisotopic (exact) mass is 228 g/mol. The molecule has 0 bridgehead atoms. The highest BCUT2D eigenvalue weighted by molar-refractivity contribution is 5.63. The molecule has 5 heteroatoms. The Bertz CT molecular complexity index is 696. The summed E-state index contributed by atoms with van der Waals surface area (Å²) in [5, 5.41) is 8.28. The number of anilines is 1. The van der Waals surface area contributed by atoms with E-state index in [2.05, 4.69) is 10.2 Å². The second-order valence-corrected chi connectivity index (χ2v) is 4.04. The largest absolute Gasteiger partial charge is 0.466 e. The molecule has 0 aliphatic rings. The standard InChI is InChI=1S/C12H12N4O/c1-7-5-10(8(2)17-7)12-15-14-11-4-3-9(13)6-16(11)12/h3-6H,13H2,1-2H3. The summed E-state index contributed by atoms with van der Waals surface area (Å²) in [6.45, 7) is 3.82. The predicted molar refractivity (Wildman–Crippen MR) is 64.6 cm³/mol. The van der Waals surface area contributed by atoms with Crippen molar-refractivity contribution in [3.05, 3.63) is 35.9 Å². The fourth-order valence-corrected chi connectivity index (χ4v) is 1.94. The lowest BCUT2D eigenvalue weighted by Crippen LogP contribution is -1.92. The second kappa shape index (κ2) is 3.35. The maximum absolute atomic E-state index is 5.77. The van der Waals surface area contributed by atoms with Crippen molar-refractivity contribution in [1.29, 1.82) is 0 Å². The van der Waals surface area contributed by atoms with Crippen LogP contribution in [0, 0.1) is 13.8 Å². The molecule has 0 aliphatic carbocycles. The van der Waals surface area contributed by atoms with Gasteiger partial charge in [-0.3, -0.25) is 4.40 Å². The molecule has 3 aromatic rings. The minimum Gasteiger partial charge on any atom is -0.466 e. The van der Waals surface area contributed by atoms with Crippen LogP contribution in [0.3, 0.4) is 0 Å². The first-order valence-electron chi connectivity index (χ1n) is 5.33. The molecule has 0 saturated carbocycles. The van der Waals surface area contributed by atoms with Crippen molar-refractivity contribution in [3.63, 3.8) is 0 Å². The molecule has 17 heavy (non-hydrogen) atoms. The van der Waals surface area contributed by atoms with Crippen LogP contribution in [-0.2, 0) is 0 Å².